The predicted molar refractivity (Wildman–Crippen MR) is 53.8 cm³/mol. The van der Waals surface area contributed by atoms with Crippen LogP contribution in [0, 0.1) is 5.92 Å². The Morgan fingerprint density at radius 3 is 2.71 bits per heavy atom. The van der Waals surface area contributed by atoms with Crippen LogP contribution in [0.3, 0.4) is 0 Å². The van der Waals surface area contributed by atoms with Crippen LogP contribution in [0.5, 0.6) is 0 Å². The zero-order valence-corrected chi connectivity index (χ0v) is 8.27. The van der Waals surface area contributed by atoms with Crippen LogP contribution in [0.15, 0.2) is 18.5 Å². The minimum Gasteiger partial charge on any atom is -0.398 e. The van der Waals surface area contributed by atoms with E-state index in [1.54, 1.807) is 19.9 Å². The average molecular weight is 194 g/mol. The maximum Gasteiger partial charge on any atom is 0.195 e. The number of aromatic nitrogens is 1. The van der Waals surface area contributed by atoms with Gasteiger partial charge < -0.3 is 10.8 Å². The van der Waals surface area contributed by atoms with E-state index in [9.17, 15) is 9.90 Å². The molecule has 0 fully saturated rings. The number of Topliss-reactive ketones (excluding diaryl/α,β-unsaturated/α-hetero) is 1. The van der Waals surface area contributed by atoms with E-state index >= 15 is 0 Å². The molecule has 1 unspecified atom stereocenters. The Bertz CT molecular complexity index is 337. The van der Waals surface area contributed by atoms with Crippen LogP contribution in [-0.4, -0.2) is 22.0 Å². The van der Waals surface area contributed by atoms with Crippen molar-refractivity contribution in [2.24, 2.45) is 5.92 Å². The molecule has 0 radical (unpaired) electrons. The fourth-order valence-corrected chi connectivity index (χ4v) is 1.07. The van der Waals surface area contributed by atoms with Crippen LogP contribution in [-0.2, 0) is 0 Å². The van der Waals surface area contributed by atoms with E-state index in [-0.39, 0.29) is 17.3 Å². The predicted octanol–water partition coefficient (Wildman–Crippen LogP) is 0.863. The average Bonchev–Trinajstić information content (AvgIpc) is 2.16. The lowest BCUT2D eigenvalue weighted by molar-refractivity contribution is 0.0648. The number of rotatable bonds is 3. The SMILES string of the molecule is CC(C)C(O)C(=O)c1cnccc1N. The summed E-state index contributed by atoms with van der Waals surface area (Å²) in [5.41, 5.74) is 6.22. The lowest BCUT2D eigenvalue weighted by atomic mass is 9.98. The molecule has 0 aliphatic heterocycles. The molecule has 1 aromatic heterocycles. The van der Waals surface area contributed by atoms with Crippen molar-refractivity contribution >= 4 is 11.5 Å². The van der Waals surface area contributed by atoms with Crippen LogP contribution in [0.1, 0.15) is 24.2 Å². The first kappa shape index (κ1) is 10.7. The number of carbonyl (C=O) groups excluding carboxylic acids is 1. The number of pyridine rings is 1. The van der Waals surface area contributed by atoms with Gasteiger partial charge in [-0.25, -0.2) is 0 Å². The van der Waals surface area contributed by atoms with Gasteiger partial charge in [0.15, 0.2) is 5.78 Å². The highest BCUT2D eigenvalue weighted by Gasteiger charge is 2.22. The molecule has 0 saturated carbocycles. The van der Waals surface area contributed by atoms with E-state index in [0.29, 0.717) is 5.69 Å². The topological polar surface area (TPSA) is 76.2 Å². The van der Waals surface area contributed by atoms with E-state index in [1.165, 1.54) is 12.4 Å². The number of anilines is 1. The second kappa shape index (κ2) is 4.19. The van der Waals surface area contributed by atoms with Gasteiger partial charge in [0.05, 0.1) is 5.56 Å². The Hall–Kier alpha value is -1.42. The number of nitrogens with two attached hydrogens (primary N) is 1. The molecule has 0 aliphatic carbocycles. The first-order valence-electron chi connectivity index (χ1n) is 4.45. The third-order valence-corrected chi connectivity index (χ3v) is 2.02. The largest absolute Gasteiger partial charge is 0.398 e. The Morgan fingerprint density at radius 1 is 1.57 bits per heavy atom. The number of nitrogens with zero attached hydrogens (tertiary/aromatic N) is 1. The molecule has 3 N–H and O–H groups in total. The molecule has 1 rings (SSSR count). The monoisotopic (exact) mass is 194 g/mol. The van der Waals surface area contributed by atoms with Crippen LogP contribution < -0.4 is 5.73 Å². The number of aliphatic hydroxyl groups is 1. The maximum atomic E-state index is 11.6. The van der Waals surface area contributed by atoms with E-state index in [2.05, 4.69) is 4.98 Å². The minimum atomic E-state index is -1.01. The summed E-state index contributed by atoms with van der Waals surface area (Å²) in [6.07, 6.45) is 1.87. The molecule has 4 nitrogen and oxygen atoms in total. The number of hydrogen-bond donors (Lipinski definition) is 2. The second-order valence-electron chi connectivity index (χ2n) is 3.52. The quantitative estimate of drug-likeness (QED) is 0.700. The van der Waals surface area contributed by atoms with Gasteiger partial charge in [-0.2, -0.15) is 0 Å². The zero-order valence-electron chi connectivity index (χ0n) is 8.27. The smallest absolute Gasteiger partial charge is 0.195 e. The summed E-state index contributed by atoms with van der Waals surface area (Å²) in [6, 6.07) is 1.54. The van der Waals surface area contributed by atoms with Crippen molar-refractivity contribution in [2.75, 3.05) is 5.73 Å². The number of ketones is 1. The summed E-state index contributed by atoms with van der Waals surface area (Å²) in [5.74, 6) is -0.493. The summed E-state index contributed by atoms with van der Waals surface area (Å²) in [7, 11) is 0. The van der Waals surface area contributed by atoms with Gasteiger partial charge in [-0.05, 0) is 12.0 Å². The molecule has 0 saturated heterocycles. The first-order valence-corrected chi connectivity index (χ1v) is 4.45. The normalized spacial score (nSPS) is 12.9. The molecule has 76 valence electrons. The first-order chi connectivity index (χ1) is 6.54. The highest BCUT2D eigenvalue weighted by molar-refractivity contribution is 6.03. The van der Waals surface area contributed by atoms with Crippen molar-refractivity contribution in [2.45, 2.75) is 20.0 Å². The second-order valence-corrected chi connectivity index (χ2v) is 3.52. The van der Waals surface area contributed by atoms with Gasteiger partial charge in [0, 0.05) is 18.1 Å². The lowest BCUT2D eigenvalue weighted by Gasteiger charge is -2.13. The Morgan fingerprint density at radius 2 is 2.21 bits per heavy atom. The molecule has 4 heteroatoms. The van der Waals surface area contributed by atoms with E-state index in [0.717, 1.165) is 0 Å². The van der Waals surface area contributed by atoms with Crippen molar-refractivity contribution in [3.8, 4) is 0 Å². The number of aliphatic hydroxyl groups excluding tert-OH is 1. The fraction of sp³-hybridized carbons (Fsp3) is 0.400. The van der Waals surface area contributed by atoms with Gasteiger partial charge >= 0.3 is 0 Å². The molecule has 0 amide bonds. The van der Waals surface area contributed by atoms with E-state index in [4.69, 9.17) is 5.73 Å². The Labute approximate surface area is 82.8 Å². The number of nitrogen functional groups attached to an aromatic ring is 1. The molecule has 0 spiro atoms. The molecule has 14 heavy (non-hydrogen) atoms. The van der Waals surface area contributed by atoms with Gasteiger partial charge in [-0.1, -0.05) is 13.8 Å². The van der Waals surface area contributed by atoms with Crippen molar-refractivity contribution in [3.05, 3.63) is 24.0 Å². The summed E-state index contributed by atoms with van der Waals surface area (Å²) in [4.78, 5) is 15.4. The van der Waals surface area contributed by atoms with E-state index in [1.807, 2.05) is 0 Å². The molecular weight excluding hydrogens is 180 g/mol. The molecule has 0 aromatic carbocycles. The molecule has 0 aliphatic rings. The van der Waals surface area contributed by atoms with Crippen molar-refractivity contribution < 1.29 is 9.90 Å². The molecule has 1 aromatic rings. The van der Waals surface area contributed by atoms with Gasteiger partial charge in [0.25, 0.3) is 0 Å². The molecule has 0 bridgehead atoms. The fourth-order valence-electron chi connectivity index (χ4n) is 1.07. The standard InChI is InChI=1S/C10H14N2O2/c1-6(2)9(13)10(14)7-5-12-4-3-8(7)11/h3-6,9,13H,1-2H3,(H2,11,12). The molecule has 1 atom stereocenters. The van der Waals surface area contributed by atoms with E-state index < -0.39 is 6.10 Å². The zero-order chi connectivity index (χ0) is 10.7. The van der Waals surface area contributed by atoms with Crippen LogP contribution in [0.4, 0.5) is 5.69 Å². The molecule has 1 heterocycles. The third kappa shape index (κ3) is 2.09. The Balaban J connectivity index is 2.95. The number of hydrogen-bond acceptors (Lipinski definition) is 4. The van der Waals surface area contributed by atoms with Crippen LogP contribution in [0.25, 0.3) is 0 Å². The van der Waals surface area contributed by atoms with Gasteiger partial charge in [0.1, 0.15) is 6.10 Å². The van der Waals surface area contributed by atoms with Crippen molar-refractivity contribution in [1.29, 1.82) is 0 Å². The van der Waals surface area contributed by atoms with Crippen molar-refractivity contribution in [3.63, 3.8) is 0 Å². The lowest BCUT2D eigenvalue weighted by Crippen LogP contribution is -2.26. The van der Waals surface area contributed by atoms with Gasteiger partial charge in [-0.15, -0.1) is 0 Å². The maximum absolute atomic E-state index is 11.6. The summed E-state index contributed by atoms with van der Waals surface area (Å²) in [5, 5.41) is 9.54. The minimum absolute atomic E-state index is 0.123. The molecular formula is C10H14N2O2. The highest BCUT2D eigenvalue weighted by Crippen LogP contribution is 2.14. The van der Waals surface area contributed by atoms with Crippen LogP contribution >= 0.6 is 0 Å². The number of carbonyl (C=O) groups is 1. The van der Waals surface area contributed by atoms with Crippen LogP contribution in [0.2, 0.25) is 0 Å². The third-order valence-electron chi connectivity index (χ3n) is 2.02. The van der Waals surface area contributed by atoms with Crippen molar-refractivity contribution in [1.82, 2.24) is 4.98 Å². The van der Waals surface area contributed by atoms with Gasteiger partial charge in [-0.3, -0.25) is 9.78 Å². The van der Waals surface area contributed by atoms with Gasteiger partial charge in [0.2, 0.25) is 0 Å². The Kier molecular flexibility index (Phi) is 3.19. The summed E-state index contributed by atoms with van der Waals surface area (Å²) < 4.78 is 0. The highest BCUT2D eigenvalue weighted by atomic mass is 16.3. The summed E-state index contributed by atoms with van der Waals surface area (Å²) in [6.45, 7) is 3.55. The summed E-state index contributed by atoms with van der Waals surface area (Å²) >= 11 is 0.